The van der Waals surface area contributed by atoms with Gasteiger partial charge in [-0.25, -0.2) is 4.39 Å². The average molecular weight is 276 g/mol. The third-order valence-electron chi connectivity index (χ3n) is 5.12. The molecule has 2 fully saturated rings. The lowest BCUT2D eigenvalue weighted by Gasteiger charge is -2.48. The maximum absolute atomic E-state index is 13.4. The van der Waals surface area contributed by atoms with Crippen molar-refractivity contribution in [2.24, 2.45) is 0 Å². The van der Waals surface area contributed by atoms with Gasteiger partial charge in [0.25, 0.3) is 0 Å². The van der Waals surface area contributed by atoms with Crippen LogP contribution >= 0.6 is 0 Å². The fraction of sp³-hybridized carbons (Fsp3) is 0.647. The van der Waals surface area contributed by atoms with Crippen molar-refractivity contribution in [3.63, 3.8) is 0 Å². The van der Waals surface area contributed by atoms with Gasteiger partial charge in [0.1, 0.15) is 5.82 Å². The summed E-state index contributed by atoms with van der Waals surface area (Å²) in [6.45, 7) is 5.31. The minimum Gasteiger partial charge on any atom is -0.311 e. The lowest BCUT2D eigenvalue weighted by Crippen LogP contribution is -2.62. The zero-order valence-electron chi connectivity index (χ0n) is 12.4. The lowest BCUT2D eigenvalue weighted by molar-refractivity contribution is 0.0348. The van der Waals surface area contributed by atoms with Gasteiger partial charge < -0.3 is 5.32 Å². The second-order valence-corrected chi connectivity index (χ2v) is 6.43. The molecule has 1 saturated heterocycles. The van der Waals surface area contributed by atoms with Crippen LogP contribution in [-0.4, -0.2) is 29.6 Å². The van der Waals surface area contributed by atoms with E-state index in [1.54, 1.807) is 6.07 Å². The number of benzene rings is 1. The molecule has 0 radical (unpaired) electrons. The van der Waals surface area contributed by atoms with Crippen LogP contribution in [0.25, 0.3) is 0 Å². The molecule has 0 bridgehead atoms. The standard InChI is InChI=1S/C17H25FN2/c1-2-16-12-20(11-14-6-5-7-15(18)10-14)17(13-19-16)8-3-4-9-17/h5-7,10,16,19H,2-4,8-9,11-13H2,1H3. The van der Waals surface area contributed by atoms with Gasteiger partial charge in [-0.2, -0.15) is 0 Å². The molecule has 1 aromatic rings. The summed E-state index contributed by atoms with van der Waals surface area (Å²) in [5, 5.41) is 3.71. The van der Waals surface area contributed by atoms with Crippen LogP contribution in [0.5, 0.6) is 0 Å². The molecule has 3 heteroatoms. The number of rotatable bonds is 3. The van der Waals surface area contributed by atoms with E-state index in [9.17, 15) is 4.39 Å². The maximum Gasteiger partial charge on any atom is 0.123 e. The number of piperazine rings is 1. The molecule has 2 nitrogen and oxygen atoms in total. The first-order valence-corrected chi connectivity index (χ1v) is 7.95. The molecule has 0 aromatic heterocycles. The Kier molecular flexibility index (Phi) is 4.08. The first-order valence-electron chi connectivity index (χ1n) is 7.95. The van der Waals surface area contributed by atoms with Gasteiger partial charge in [-0.3, -0.25) is 4.90 Å². The molecular formula is C17H25FN2. The Morgan fingerprint density at radius 2 is 2.15 bits per heavy atom. The van der Waals surface area contributed by atoms with Gasteiger partial charge in [0.15, 0.2) is 0 Å². The van der Waals surface area contributed by atoms with Crippen molar-refractivity contribution in [1.29, 1.82) is 0 Å². The smallest absolute Gasteiger partial charge is 0.123 e. The minimum absolute atomic E-state index is 0.120. The Morgan fingerprint density at radius 3 is 2.85 bits per heavy atom. The van der Waals surface area contributed by atoms with Crippen LogP contribution in [-0.2, 0) is 6.54 Å². The Labute approximate surface area is 121 Å². The molecule has 1 aromatic carbocycles. The van der Waals surface area contributed by atoms with Gasteiger partial charge in [0.2, 0.25) is 0 Å². The quantitative estimate of drug-likeness (QED) is 0.911. The number of halogens is 1. The zero-order chi connectivity index (χ0) is 14.0. The van der Waals surface area contributed by atoms with E-state index in [1.165, 1.54) is 31.7 Å². The van der Waals surface area contributed by atoms with Gasteiger partial charge in [-0.15, -0.1) is 0 Å². The summed E-state index contributed by atoms with van der Waals surface area (Å²) in [5.74, 6) is -0.120. The van der Waals surface area contributed by atoms with Crippen LogP contribution in [0, 0.1) is 5.82 Å². The third-order valence-corrected chi connectivity index (χ3v) is 5.12. The Bertz CT molecular complexity index is 454. The second kappa shape index (κ2) is 5.82. The first-order chi connectivity index (χ1) is 9.72. The Balaban J connectivity index is 1.79. The molecule has 3 rings (SSSR count). The fourth-order valence-electron chi connectivity index (χ4n) is 3.86. The average Bonchev–Trinajstić information content (AvgIpc) is 2.91. The molecule has 20 heavy (non-hydrogen) atoms. The highest BCUT2D eigenvalue weighted by molar-refractivity contribution is 5.17. The van der Waals surface area contributed by atoms with Crippen molar-refractivity contribution in [2.75, 3.05) is 13.1 Å². The molecule has 1 heterocycles. The minimum atomic E-state index is -0.120. The Hall–Kier alpha value is -0.930. The van der Waals surface area contributed by atoms with Crippen LogP contribution in [0.1, 0.15) is 44.6 Å². The predicted octanol–water partition coefficient (Wildman–Crippen LogP) is 3.32. The van der Waals surface area contributed by atoms with Gasteiger partial charge in [0, 0.05) is 31.2 Å². The number of nitrogens with one attached hydrogen (secondary N) is 1. The number of hydrogen-bond acceptors (Lipinski definition) is 2. The highest BCUT2D eigenvalue weighted by Gasteiger charge is 2.42. The summed E-state index contributed by atoms with van der Waals surface area (Å²) < 4.78 is 13.4. The van der Waals surface area contributed by atoms with Crippen molar-refractivity contribution in [3.05, 3.63) is 35.6 Å². The van der Waals surface area contributed by atoms with E-state index in [2.05, 4.69) is 23.2 Å². The van der Waals surface area contributed by atoms with Crippen molar-refractivity contribution < 1.29 is 4.39 Å². The molecule has 1 aliphatic carbocycles. The highest BCUT2D eigenvalue weighted by Crippen LogP contribution is 2.38. The molecule has 1 N–H and O–H groups in total. The predicted molar refractivity (Wildman–Crippen MR) is 80.1 cm³/mol. The molecule has 110 valence electrons. The summed E-state index contributed by atoms with van der Waals surface area (Å²) in [6, 6.07) is 7.67. The van der Waals surface area contributed by atoms with Crippen LogP contribution in [0.15, 0.2) is 24.3 Å². The van der Waals surface area contributed by atoms with Crippen LogP contribution in [0.3, 0.4) is 0 Å². The molecule has 0 amide bonds. The molecular weight excluding hydrogens is 251 g/mol. The molecule has 1 spiro atoms. The second-order valence-electron chi connectivity index (χ2n) is 6.43. The van der Waals surface area contributed by atoms with E-state index in [0.717, 1.165) is 31.6 Å². The molecule has 2 aliphatic rings. The molecule has 1 saturated carbocycles. The SMILES string of the molecule is CCC1CN(Cc2cccc(F)c2)C2(CCCC2)CN1. The fourth-order valence-corrected chi connectivity index (χ4v) is 3.86. The van der Waals surface area contributed by atoms with E-state index >= 15 is 0 Å². The van der Waals surface area contributed by atoms with Gasteiger partial charge in [-0.1, -0.05) is 31.9 Å². The number of hydrogen-bond donors (Lipinski definition) is 1. The molecule has 1 unspecified atom stereocenters. The van der Waals surface area contributed by atoms with E-state index in [1.807, 2.05) is 6.07 Å². The summed E-state index contributed by atoms with van der Waals surface area (Å²) >= 11 is 0. The van der Waals surface area contributed by atoms with E-state index in [0.29, 0.717) is 11.6 Å². The van der Waals surface area contributed by atoms with E-state index < -0.39 is 0 Å². The van der Waals surface area contributed by atoms with Crippen molar-refractivity contribution in [2.45, 2.75) is 57.2 Å². The zero-order valence-corrected chi connectivity index (χ0v) is 12.4. The summed E-state index contributed by atoms with van der Waals surface area (Å²) in [5.41, 5.74) is 1.42. The highest BCUT2D eigenvalue weighted by atomic mass is 19.1. The maximum atomic E-state index is 13.4. The van der Waals surface area contributed by atoms with Gasteiger partial charge in [0.05, 0.1) is 0 Å². The van der Waals surface area contributed by atoms with Crippen LogP contribution in [0.4, 0.5) is 4.39 Å². The van der Waals surface area contributed by atoms with Crippen LogP contribution < -0.4 is 5.32 Å². The molecule has 1 atom stereocenters. The summed E-state index contributed by atoms with van der Waals surface area (Å²) in [4.78, 5) is 2.62. The monoisotopic (exact) mass is 276 g/mol. The third kappa shape index (κ3) is 2.75. The van der Waals surface area contributed by atoms with E-state index in [4.69, 9.17) is 0 Å². The van der Waals surface area contributed by atoms with Gasteiger partial charge in [-0.05, 0) is 37.0 Å². The summed E-state index contributed by atoms with van der Waals surface area (Å²) in [6.07, 6.45) is 6.39. The molecule has 1 aliphatic heterocycles. The van der Waals surface area contributed by atoms with Gasteiger partial charge >= 0.3 is 0 Å². The topological polar surface area (TPSA) is 15.3 Å². The van der Waals surface area contributed by atoms with Crippen molar-refractivity contribution >= 4 is 0 Å². The van der Waals surface area contributed by atoms with Crippen molar-refractivity contribution in [1.82, 2.24) is 10.2 Å². The lowest BCUT2D eigenvalue weighted by atomic mass is 9.90. The largest absolute Gasteiger partial charge is 0.311 e. The number of nitrogens with zero attached hydrogens (tertiary/aromatic N) is 1. The van der Waals surface area contributed by atoms with Crippen molar-refractivity contribution in [3.8, 4) is 0 Å². The van der Waals surface area contributed by atoms with Crippen LogP contribution in [0.2, 0.25) is 0 Å². The Morgan fingerprint density at radius 1 is 1.35 bits per heavy atom. The van der Waals surface area contributed by atoms with E-state index in [-0.39, 0.29) is 5.82 Å². The normalized spacial score (nSPS) is 26.2. The summed E-state index contributed by atoms with van der Waals surface area (Å²) in [7, 11) is 0. The first kappa shape index (κ1) is 14.0.